The lowest BCUT2D eigenvalue weighted by Crippen LogP contribution is -2.36. The van der Waals surface area contributed by atoms with Crippen molar-refractivity contribution in [2.24, 2.45) is 5.92 Å². The van der Waals surface area contributed by atoms with E-state index in [0.717, 1.165) is 29.7 Å². The predicted molar refractivity (Wildman–Crippen MR) is 79.4 cm³/mol. The zero-order chi connectivity index (χ0) is 13.0. The molecule has 1 saturated carbocycles. The molecule has 1 aliphatic carbocycles. The first-order chi connectivity index (χ1) is 8.66. The van der Waals surface area contributed by atoms with Crippen LogP contribution in [0, 0.1) is 5.92 Å². The van der Waals surface area contributed by atoms with Crippen LogP contribution in [0.25, 0.3) is 0 Å². The van der Waals surface area contributed by atoms with E-state index in [1.54, 1.807) is 0 Å². The van der Waals surface area contributed by atoms with Crippen LogP contribution in [0.5, 0.6) is 0 Å². The maximum atomic E-state index is 6.12. The van der Waals surface area contributed by atoms with Crippen molar-refractivity contribution in [3.63, 3.8) is 0 Å². The third-order valence-corrected chi connectivity index (χ3v) is 3.84. The first-order valence-corrected chi connectivity index (χ1v) is 7.27. The van der Waals surface area contributed by atoms with Gasteiger partial charge in [0.1, 0.15) is 0 Å². The van der Waals surface area contributed by atoms with Crippen molar-refractivity contribution in [1.82, 2.24) is 4.90 Å². The fraction of sp³-hybridized carbons (Fsp3) is 0.600. The van der Waals surface area contributed by atoms with Crippen molar-refractivity contribution in [1.29, 1.82) is 0 Å². The lowest BCUT2D eigenvalue weighted by atomic mass is 10.2. The monoisotopic (exact) mass is 266 g/mol. The van der Waals surface area contributed by atoms with Gasteiger partial charge in [-0.2, -0.15) is 0 Å². The van der Waals surface area contributed by atoms with E-state index in [1.165, 1.54) is 19.4 Å². The SMILES string of the molecule is CC(C)N(CCNc1ccccc1Cl)CC1CC1. The summed E-state index contributed by atoms with van der Waals surface area (Å²) in [7, 11) is 0. The number of hydrogen-bond acceptors (Lipinski definition) is 2. The number of para-hydroxylation sites is 1. The Morgan fingerprint density at radius 1 is 1.33 bits per heavy atom. The maximum absolute atomic E-state index is 6.12. The standard InChI is InChI=1S/C15H23ClN2/c1-12(2)18(11-13-7-8-13)10-9-17-15-6-4-3-5-14(15)16/h3-6,12-13,17H,7-11H2,1-2H3. The Labute approximate surface area is 115 Å². The summed E-state index contributed by atoms with van der Waals surface area (Å²) in [4.78, 5) is 2.56. The van der Waals surface area contributed by atoms with Crippen LogP contribution < -0.4 is 5.32 Å². The Balaban J connectivity index is 1.77. The van der Waals surface area contributed by atoms with E-state index in [4.69, 9.17) is 11.6 Å². The minimum Gasteiger partial charge on any atom is -0.383 e. The highest BCUT2D eigenvalue weighted by atomic mass is 35.5. The second-order valence-electron chi connectivity index (χ2n) is 5.44. The van der Waals surface area contributed by atoms with Gasteiger partial charge in [0.25, 0.3) is 0 Å². The molecule has 0 radical (unpaired) electrons. The van der Waals surface area contributed by atoms with Crippen LogP contribution in [0.1, 0.15) is 26.7 Å². The molecular weight excluding hydrogens is 244 g/mol. The van der Waals surface area contributed by atoms with Crippen molar-refractivity contribution in [3.05, 3.63) is 29.3 Å². The van der Waals surface area contributed by atoms with E-state index in [9.17, 15) is 0 Å². The number of rotatable bonds is 7. The van der Waals surface area contributed by atoms with Gasteiger partial charge in [-0.1, -0.05) is 23.7 Å². The lowest BCUT2D eigenvalue weighted by molar-refractivity contribution is 0.221. The van der Waals surface area contributed by atoms with Crippen molar-refractivity contribution >= 4 is 17.3 Å². The number of hydrogen-bond donors (Lipinski definition) is 1. The predicted octanol–water partition coefficient (Wildman–Crippen LogP) is 3.87. The van der Waals surface area contributed by atoms with E-state index in [0.29, 0.717) is 6.04 Å². The molecule has 18 heavy (non-hydrogen) atoms. The van der Waals surface area contributed by atoms with Crippen LogP contribution >= 0.6 is 11.6 Å². The van der Waals surface area contributed by atoms with Crippen molar-refractivity contribution < 1.29 is 0 Å². The molecule has 0 heterocycles. The van der Waals surface area contributed by atoms with E-state index >= 15 is 0 Å². The molecule has 0 amide bonds. The highest BCUT2D eigenvalue weighted by Gasteiger charge is 2.25. The van der Waals surface area contributed by atoms with Crippen molar-refractivity contribution in [2.45, 2.75) is 32.7 Å². The molecule has 2 rings (SSSR count). The van der Waals surface area contributed by atoms with Crippen LogP contribution in [0.2, 0.25) is 5.02 Å². The summed E-state index contributed by atoms with van der Waals surface area (Å²) >= 11 is 6.12. The molecule has 1 aromatic carbocycles. The Morgan fingerprint density at radius 2 is 2.06 bits per heavy atom. The van der Waals surface area contributed by atoms with E-state index in [2.05, 4.69) is 24.1 Å². The number of anilines is 1. The van der Waals surface area contributed by atoms with Gasteiger partial charge in [0, 0.05) is 25.7 Å². The van der Waals surface area contributed by atoms with E-state index in [-0.39, 0.29) is 0 Å². The summed E-state index contributed by atoms with van der Waals surface area (Å²) in [6.45, 7) is 7.84. The van der Waals surface area contributed by atoms with Gasteiger partial charge in [-0.15, -0.1) is 0 Å². The highest BCUT2D eigenvalue weighted by Crippen LogP contribution is 2.30. The zero-order valence-corrected chi connectivity index (χ0v) is 12.1. The Bertz CT molecular complexity index is 375. The van der Waals surface area contributed by atoms with Gasteiger partial charge >= 0.3 is 0 Å². The minimum absolute atomic E-state index is 0.624. The molecule has 1 fully saturated rings. The smallest absolute Gasteiger partial charge is 0.0637 e. The zero-order valence-electron chi connectivity index (χ0n) is 11.3. The minimum atomic E-state index is 0.624. The average molecular weight is 267 g/mol. The molecule has 3 heteroatoms. The molecule has 1 N–H and O–H groups in total. The molecule has 0 spiro atoms. The van der Waals surface area contributed by atoms with Gasteiger partial charge in [0.2, 0.25) is 0 Å². The number of nitrogens with one attached hydrogen (secondary N) is 1. The van der Waals surface area contributed by atoms with Crippen LogP contribution in [0.15, 0.2) is 24.3 Å². The first-order valence-electron chi connectivity index (χ1n) is 6.89. The topological polar surface area (TPSA) is 15.3 Å². The van der Waals surface area contributed by atoms with E-state index in [1.807, 2.05) is 24.3 Å². The summed E-state index contributed by atoms with van der Waals surface area (Å²) in [6.07, 6.45) is 2.84. The molecule has 0 bridgehead atoms. The van der Waals surface area contributed by atoms with Gasteiger partial charge in [0.05, 0.1) is 10.7 Å². The van der Waals surface area contributed by atoms with Crippen LogP contribution in [0.4, 0.5) is 5.69 Å². The second kappa shape index (κ2) is 6.44. The van der Waals surface area contributed by atoms with Crippen LogP contribution in [0.3, 0.4) is 0 Å². The molecule has 0 aromatic heterocycles. The molecule has 0 unspecified atom stereocenters. The van der Waals surface area contributed by atoms with Crippen molar-refractivity contribution in [2.75, 3.05) is 25.0 Å². The van der Waals surface area contributed by atoms with Gasteiger partial charge < -0.3 is 5.32 Å². The summed E-state index contributed by atoms with van der Waals surface area (Å²) in [5.74, 6) is 0.952. The highest BCUT2D eigenvalue weighted by molar-refractivity contribution is 6.33. The quantitative estimate of drug-likeness (QED) is 0.806. The number of nitrogens with zero attached hydrogens (tertiary/aromatic N) is 1. The Kier molecular flexibility index (Phi) is 4.90. The number of halogens is 1. The normalized spacial score (nSPS) is 15.4. The first kappa shape index (κ1) is 13.7. The van der Waals surface area contributed by atoms with Crippen molar-refractivity contribution in [3.8, 4) is 0 Å². The summed E-state index contributed by atoms with van der Waals surface area (Å²) in [5, 5.41) is 4.22. The van der Waals surface area contributed by atoms with Gasteiger partial charge in [0.15, 0.2) is 0 Å². The van der Waals surface area contributed by atoms with Gasteiger partial charge in [-0.25, -0.2) is 0 Å². The Morgan fingerprint density at radius 3 is 2.67 bits per heavy atom. The molecule has 0 atom stereocenters. The molecule has 1 aliphatic rings. The molecule has 0 aliphatic heterocycles. The molecule has 100 valence electrons. The van der Waals surface area contributed by atoms with Crippen LogP contribution in [-0.2, 0) is 0 Å². The van der Waals surface area contributed by atoms with Crippen LogP contribution in [-0.4, -0.2) is 30.6 Å². The lowest BCUT2D eigenvalue weighted by Gasteiger charge is -2.26. The van der Waals surface area contributed by atoms with Gasteiger partial charge in [-0.3, -0.25) is 4.90 Å². The summed E-state index contributed by atoms with van der Waals surface area (Å²) < 4.78 is 0. The molecule has 2 nitrogen and oxygen atoms in total. The molecule has 0 saturated heterocycles. The molecule has 1 aromatic rings. The number of benzene rings is 1. The summed E-state index contributed by atoms with van der Waals surface area (Å²) in [5.41, 5.74) is 1.04. The third kappa shape index (κ3) is 4.18. The fourth-order valence-corrected chi connectivity index (χ4v) is 2.33. The molecular formula is C15H23ClN2. The Hall–Kier alpha value is -0.730. The fourth-order valence-electron chi connectivity index (χ4n) is 2.13. The largest absolute Gasteiger partial charge is 0.383 e. The third-order valence-electron chi connectivity index (χ3n) is 3.51. The van der Waals surface area contributed by atoms with Gasteiger partial charge in [-0.05, 0) is 44.7 Å². The summed E-state index contributed by atoms with van der Waals surface area (Å²) in [6, 6.07) is 8.55. The maximum Gasteiger partial charge on any atom is 0.0637 e. The van der Waals surface area contributed by atoms with E-state index < -0.39 is 0 Å². The second-order valence-corrected chi connectivity index (χ2v) is 5.85. The average Bonchev–Trinajstić information content (AvgIpc) is 3.14.